The molecule has 3 rings (SSSR count). The van der Waals surface area contributed by atoms with Gasteiger partial charge in [0.1, 0.15) is 5.76 Å². The van der Waals surface area contributed by atoms with Crippen LogP contribution in [0.5, 0.6) is 0 Å². The Morgan fingerprint density at radius 1 is 0.800 bits per heavy atom. The molecule has 2 aromatic carbocycles. The molecule has 1 aromatic heterocycles. The van der Waals surface area contributed by atoms with Crippen LogP contribution >= 0.6 is 23.2 Å². The van der Waals surface area contributed by atoms with Crippen molar-refractivity contribution in [2.45, 2.75) is 41.5 Å². The molecule has 35 heavy (non-hydrogen) atoms. The zero-order valence-electron chi connectivity index (χ0n) is 20.0. The second-order valence-corrected chi connectivity index (χ2v) is 10.9. The standard InChI is InChI=1S/C25H24Cl2F2N2O4/c1-24(2,3)22(33)30-19-12(26)7-11(8-13(19)27)17-10-16(32)18-20(31-23(34)25(4,5)6)14(28)9-15(29)21(18)35-17/h7-10H,1-6H3,(H,30,33)(H,31,34). The first-order valence-corrected chi connectivity index (χ1v) is 11.3. The molecule has 0 aliphatic rings. The van der Waals surface area contributed by atoms with Gasteiger partial charge in [0.2, 0.25) is 11.8 Å². The summed E-state index contributed by atoms with van der Waals surface area (Å²) in [6.07, 6.45) is 0. The zero-order chi connectivity index (χ0) is 26.5. The highest BCUT2D eigenvalue weighted by atomic mass is 35.5. The molecule has 0 saturated carbocycles. The quantitative estimate of drug-likeness (QED) is 0.385. The predicted octanol–water partition coefficient (Wildman–Crippen LogP) is 7.01. The number of hydrogen-bond donors (Lipinski definition) is 2. The van der Waals surface area contributed by atoms with Gasteiger partial charge in [0.15, 0.2) is 22.6 Å². The van der Waals surface area contributed by atoms with E-state index in [-0.39, 0.29) is 33.0 Å². The minimum absolute atomic E-state index is 0.0607. The number of fused-ring (bicyclic) bond motifs is 1. The van der Waals surface area contributed by atoms with Crippen LogP contribution in [0.4, 0.5) is 20.2 Å². The first-order valence-electron chi connectivity index (χ1n) is 10.6. The third kappa shape index (κ3) is 5.49. The fourth-order valence-electron chi connectivity index (χ4n) is 2.97. The van der Waals surface area contributed by atoms with E-state index in [1.54, 1.807) is 41.5 Å². The zero-order valence-corrected chi connectivity index (χ0v) is 21.5. The molecule has 0 atom stereocenters. The number of benzene rings is 2. The topological polar surface area (TPSA) is 88.4 Å². The van der Waals surface area contributed by atoms with E-state index in [0.717, 1.165) is 6.07 Å². The summed E-state index contributed by atoms with van der Waals surface area (Å²) in [7, 11) is 0. The van der Waals surface area contributed by atoms with Crippen molar-refractivity contribution in [2.75, 3.05) is 10.6 Å². The van der Waals surface area contributed by atoms with Crippen LogP contribution in [0.2, 0.25) is 10.0 Å². The Bertz CT molecular complexity index is 1400. The summed E-state index contributed by atoms with van der Waals surface area (Å²) in [5.41, 5.74) is -3.03. The van der Waals surface area contributed by atoms with Gasteiger partial charge in [0, 0.05) is 28.5 Å². The lowest BCUT2D eigenvalue weighted by Gasteiger charge is -2.19. The molecule has 0 unspecified atom stereocenters. The highest BCUT2D eigenvalue weighted by molar-refractivity contribution is 6.40. The van der Waals surface area contributed by atoms with E-state index in [9.17, 15) is 23.2 Å². The van der Waals surface area contributed by atoms with Crippen LogP contribution in [0.1, 0.15) is 41.5 Å². The van der Waals surface area contributed by atoms with Gasteiger partial charge in [0.05, 0.1) is 26.8 Å². The van der Waals surface area contributed by atoms with Gasteiger partial charge >= 0.3 is 0 Å². The number of carbonyl (C=O) groups is 2. The third-order valence-corrected chi connectivity index (χ3v) is 5.67. The highest BCUT2D eigenvalue weighted by Gasteiger charge is 2.27. The monoisotopic (exact) mass is 524 g/mol. The predicted molar refractivity (Wildman–Crippen MR) is 134 cm³/mol. The summed E-state index contributed by atoms with van der Waals surface area (Å²) in [6, 6.07) is 4.32. The fraction of sp³-hybridized carbons (Fsp3) is 0.320. The molecule has 0 spiro atoms. The van der Waals surface area contributed by atoms with Crippen molar-refractivity contribution < 1.29 is 22.8 Å². The lowest BCUT2D eigenvalue weighted by atomic mass is 9.95. The summed E-state index contributed by atoms with van der Waals surface area (Å²) in [6.45, 7) is 9.97. The maximum Gasteiger partial charge on any atom is 0.229 e. The van der Waals surface area contributed by atoms with E-state index in [1.807, 2.05) is 0 Å². The van der Waals surface area contributed by atoms with Gasteiger partial charge in [-0.25, -0.2) is 8.78 Å². The maximum absolute atomic E-state index is 14.7. The Morgan fingerprint density at radius 2 is 1.29 bits per heavy atom. The van der Waals surface area contributed by atoms with Crippen molar-refractivity contribution in [3.63, 3.8) is 0 Å². The molecule has 0 aliphatic heterocycles. The van der Waals surface area contributed by atoms with Crippen molar-refractivity contribution in [1.29, 1.82) is 0 Å². The summed E-state index contributed by atoms with van der Waals surface area (Å²) in [5.74, 6) is -3.23. The van der Waals surface area contributed by atoms with Crippen LogP contribution in [0.3, 0.4) is 0 Å². The molecular formula is C25H24Cl2F2N2O4. The van der Waals surface area contributed by atoms with Gasteiger partial charge in [0.25, 0.3) is 0 Å². The van der Waals surface area contributed by atoms with Gasteiger partial charge < -0.3 is 15.1 Å². The van der Waals surface area contributed by atoms with Crippen molar-refractivity contribution >= 4 is 57.4 Å². The summed E-state index contributed by atoms with van der Waals surface area (Å²) in [4.78, 5) is 37.7. The highest BCUT2D eigenvalue weighted by Crippen LogP contribution is 2.38. The smallest absolute Gasteiger partial charge is 0.229 e. The van der Waals surface area contributed by atoms with Crippen molar-refractivity contribution in [3.05, 3.63) is 56.2 Å². The number of nitrogens with one attached hydrogen (secondary N) is 2. The normalized spacial score (nSPS) is 12.1. The summed E-state index contributed by atoms with van der Waals surface area (Å²) < 4.78 is 34.8. The molecular weight excluding hydrogens is 501 g/mol. The van der Waals surface area contributed by atoms with Crippen LogP contribution in [-0.4, -0.2) is 11.8 Å². The molecule has 0 saturated heterocycles. The van der Waals surface area contributed by atoms with Crippen LogP contribution in [0, 0.1) is 22.5 Å². The van der Waals surface area contributed by atoms with Crippen LogP contribution < -0.4 is 16.1 Å². The van der Waals surface area contributed by atoms with Gasteiger partial charge in [-0.1, -0.05) is 64.7 Å². The second kappa shape index (κ2) is 9.24. The first-order chi connectivity index (χ1) is 16.0. The molecule has 2 amide bonds. The number of halogens is 4. The molecule has 1 heterocycles. The first kappa shape index (κ1) is 26.6. The van der Waals surface area contributed by atoms with E-state index in [0.29, 0.717) is 6.07 Å². The van der Waals surface area contributed by atoms with E-state index in [1.165, 1.54) is 12.1 Å². The van der Waals surface area contributed by atoms with Crippen molar-refractivity contribution in [1.82, 2.24) is 0 Å². The van der Waals surface area contributed by atoms with Gasteiger partial charge in [-0.3, -0.25) is 14.4 Å². The summed E-state index contributed by atoms with van der Waals surface area (Å²) in [5, 5.41) is 4.68. The Labute approximate surface area is 210 Å². The van der Waals surface area contributed by atoms with E-state index < -0.39 is 50.5 Å². The minimum Gasteiger partial charge on any atom is -0.453 e. The molecule has 10 heteroatoms. The number of rotatable bonds is 3. The molecule has 0 fully saturated rings. The average molecular weight is 525 g/mol. The van der Waals surface area contributed by atoms with Crippen LogP contribution in [0.15, 0.2) is 33.5 Å². The van der Waals surface area contributed by atoms with Crippen molar-refractivity contribution in [2.24, 2.45) is 10.8 Å². The van der Waals surface area contributed by atoms with Crippen LogP contribution in [-0.2, 0) is 9.59 Å². The lowest BCUT2D eigenvalue weighted by Crippen LogP contribution is -2.28. The molecule has 6 nitrogen and oxygen atoms in total. The number of hydrogen-bond acceptors (Lipinski definition) is 4. The molecule has 0 aliphatic carbocycles. The minimum atomic E-state index is -1.13. The number of amides is 2. The largest absolute Gasteiger partial charge is 0.453 e. The third-order valence-electron chi connectivity index (χ3n) is 5.07. The van der Waals surface area contributed by atoms with E-state index >= 15 is 0 Å². The van der Waals surface area contributed by atoms with Crippen LogP contribution in [0.25, 0.3) is 22.3 Å². The Hall–Kier alpha value is -2.97. The lowest BCUT2D eigenvalue weighted by molar-refractivity contribution is -0.123. The van der Waals surface area contributed by atoms with Gasteiger partial charge in [-0.15, -0.1) is 0 Å². The van der Waals surface area contributed by atoms with Crippen molar-refractivity contribution in [3.8, 4) is 11.3 Å². The molecule has 0 radical (unpaired) electrons. The second-order valence-electron chi connectivity index (χ2n) is 10.1. The molecule has 0 bridgehead atoms. The van der Waals surface area contributed by atoms with E-state index in [4.69, 9.17) is 27.6 Å². The SMILES string of the molecule is CC(C)(C)C(=O)Nc1c(Cl)cc(-c2cc(=O)c3c(NC(=O)C(C)(C)C)c(F)cc(F)c3o2)cc1Cl. The maximum atomic E-state index is 14.7. The van der Waals surface area contributed by atoms with Gasteiger partial charge in [-0.05, 0) is 12.1 Å². The summed E-state index contributed by atoms with van der Waals surface area (Å²) >= 11 is 12.6. The van der Waals surface area contributed by atoms with E-state index in [2.05, 4.69) is 10.6 Å². The van der Waals surface area contributed by atoms with Gasteiger partial charge in [-0.2, -0.15) is 0 Å². The number of anilines is 2. The average Bonchev–Trinajstić information content (AvgIpc) is 2.71. The molecule has 186 valence electrons. The molecule has 2 N–H and O–H groups in total. The Balaban J connectivity index is 2.14. The Kier molecular flexibility index (Phi) is 7.03. The number of carbonyl (C=O) groups excluding carboxylic acids is 2. The fourth-order valence-corrected chi connectivity index (χ4v) is 3.55. The molecule has 3 aromatic rings. The Morgan fingerprint density at radius 3 is 1.77 bits per heavy atom.